The summed E-state index contributed by atoms with van der Waals surface area (Å²) in [6.07, 6.45) is 5.57. The molecule has 1 fully saturated rings. The number of carbonyl (C=O) groups is 1. The molecule has 3 heterocycles. The number of ether oxygens (including phenoxy) is 1. The average Bonchev–Trinajstić information content (AvgIpc) is 3.49. The normalized spacial score (nSPS) is 13.4. The number of aromatic amines is 1. The number of rotatable bonds is 5. The van der Waals surface area contributed by atoms with Gasteiger partial charge in [-0.05, 0) is 37.1 Å². The first-order chi connectivity index (χ1) is 14.2. The molecular weight excluding hydrogens is 366 g/mol. The van der Waals surface area contributed by atoms with Crippen LogP contribution in [-0.4, -0.2) is 39.2 Å². The van der Waals surface area contributed by atoms with Crippen LogP contribution in [0.25, 0.3) is 33.4 Å². The Kier molecular flexibility index (Phi) is 4.20. The van der Waals surface area contributed by atoms with Crippen molar-refractivity contribution >= 4 is 16.9 Å². The summed E-state index contributed by atoms with van der Waals surface area (Å²) in [4.78, 5) is 21.0. The van der Waals surface area contributed by atoms with E-state index in [1.807, 2.05) is 36.4 Å². The second-order valence-corrected chi connectivity index (χ2v) is 7.07. The second kappa shape index (κ2) is 7.01. The molecule has 0 unspecified atom stereocenters. The van der Waals surface area contributed by atoms with Gasteiger partial charge in [-0.1, -0.05) is 18.2 Å². The van der Waals surface area contributed by atoms with Gasteiger partial charge in [-0.25, -0.2) is 4.98 Å². The van der Waals surface area contributed by atoms with E-state index in [0.29, 0.717) is 17.4 Å². The molecule has 1 amide bonds. The lowest BCUT2D eigenvalue weighted by Crippen LogP contribution is -2.26. The minimum absolute atomic E-state index is 0.124. The van der Waals surface area contributed by atoms with Crippen LogP contribution in [0.5, 0.6) is 5.75 Å². The highest BCUT2D eigenvalue weighted by Crippen LogP contribution is 2.34. The summed E-state index contributed by atoms with van der Waals surface area (Å²) < 4.78 is 5.48. The molecule has 0 atom stereocenters. The van der Waals surface area contributed by atoms with Crippen LogP contribution in [0.1, 0.15) is 23.3 Å². The van der Waals surface area contributed by atoms with Gasteiger partial charge in [0.2, 0.25) is 0 Å². The molecular formula is C22H19N5O2. The topological polar surface area (TPSA) is 92.8 Å². The Hall–Kier alpha value is -3.74. The zero-order valence-electron chi connectivity index (χ0n) is 15.8. The number of fused-ring (bicyclic) bond motifs is 1. The molecule has 0 spiro atoms. The summed E-state index contributed by atoms with van der Waals surface area (Å²) >= 11 is 0. The molecule has 1 saturated carbocycles. The third kappa shape index (κ3) is 3.31. The Morgan fingerprint density at radius 3 is 2.69 bits per heavy atom. The fourth-order valence-corrected chi connectivity index (χ4v) is 3.29. The quantitative estimate of drug-likeness (QED) is 0.548. The van der Waals surface area contributed by atoms with Crippen molar-refractivity contribution in [3.63, 3.8) is 0 Å². The number of nitrogens with zero attached hydrogens (tertiary/aromatic N) is 3. The van der Waals surface area contributed by atoms with E-state index in [1.54, 1.807) is 25.6 Å². The van der Waals surface area contributed by atoms with Crippen molar-refractivity contribution in [2.24, 2.45) is 0 Å². The van der Waals surface area contributed by atoms with E-state index in [4.69, 9.17) is 4.74 Å². The van der Waals surface area contributed by atoms with E-state index < -0.39 is 0 Å². The fourth-order valence-electron chi connectivity index (χ4n) is 3.29. The molecule has 3 aromatic heterocycles. The number of H-pyrrole nitrogens is 1. The number of aromatic nitrogens is 4. The molecule has 7 nitrogen and oxygen atoms in total. The molecule has 0 aliphatic heterocycles. The Morgan fingerprint density at radius 2 is 1.93 bits per heavy atom. The van der Waals surface area contributed by atoms with Crippen LogP contribution in [0, 0.1) is 0 Å². The molecule has 144 valence electrons. The number of carbonyl (C=O) groups excluding carboxylic acids is 1. The molecule has 4 aromatic rings. The molecule has 0 bridgehead atoms. The highest BCUT2D eigenvalue weighted by molar-refractivity contribution is 5.95. The Balaban J connectivity index is 1.50. The van der Waals surface area contributed by atoms with Crippen LogP contribution < -0.4 is 10.1 Å². The lowest BCUT2D eigenvalue weighted by atomic mass is 10.0. The van der Waals surface area contributed by atoms with Crippen molar-refractivity contribution in [1.82, 2.24) is 25.5 Å². The third-order valence-corrected chi connectivity index (χ3v) is 5.02. The second-order valence-electron chi connectivity index (χ2n) is 7.07. The minimum Gasteiger partial charge on any atom is -0.496 e. The summed E-state index contributed by atoms with van der Waals surface area (Å²) in [6.45, 7) is 0. The Bertz CT molecular complexity index is 1200. The number of pyridine rings is 2. The molecule has 29 heavy (non-hydrogen) atoms. The van der Waals surface area contributed by atoms with E-state index in [-0.39, 0.29) is 5.91 Å². The van der Waals surface area contributed by atoms with E-state index in [9.17, 15) is 4.79 Å². The molecule has 1 aliphatic carbocycles. The maximum absolute atomic E-state index is 12.1. The van der Waals surface area contributed by atoms with Gasteiger partial charge in [-0.15, -0.1) is 0 Å². The standard InChI is InChI=1S/C22H19N5O2/c1-29-19-5-3-2-4-16(19)20-17-10-14(12-24-21(17)27-26-20)13-6-9-18(23-11-13)22(28)25-15-7-8-15/h2-6,9-12,15H,7-8H2,1H3,(H,25,28)(H,24,26,27). The number of hydrogen-bond acceptors (Lipinski definition) is 5. The maximum Gasteiger partial charge on any atom is 0.270 e. The van der Waals surface area contributed by atoms with Gasteiger partial charge in [0.15, 0.2) is 5.65 Å². The molecule has 7 heteroatoms. The van der Waals surface area contributed by atoms with Crippen LogP contribution in [-0.2, 0) is 0 Å². The number of para-hydroxylation sites is 1. The SMILES string of the molecule is COc1ccccc1-c1n[nH]c2ncc(-c3ccc(C(=O)NC4CC4)nc3)cc12. The summed E-state index contributed by atoms with van der Waals surface area (Å²) in [5, 5.41) is 11.3. The van der Waals surface area contributed by atoms with Gasteiger partial charge in [-0.3, -0.25) is 14.9 Å². The van der Waals surface area contributed by atoms with E-state index in [1.165, 1.54) is 0 Å². The largest absolute Gasteiger partial charge is 0.496 e. The Labute approximate surface area is 167 Å². The van der Waals surface area contributed by atoms with Gasteiger partial charge in [0.1, 0.15) is 17.1 Å². The number of benzene rings is 1. The van der Waals surface area contributed by atoms with Crippen molar-refractivity contribution in [2.45, 2.75) is 18.9 Å². The van der Waals surface area contributed by atoms with Gasteiger partial charge in [-0.2, -0.15) is 5.10 Å². The molecule has 0 saturated heterocycles. The van der Waals surface area contributed by atoms with Crippen LogP contribution >= 0.6 is 0 Å². The van der Waals surface area contributed by atoms with Crippen LogP contribution in [0.4, 0.5) is 0 Å². The van der Waals surface area contributed by atoms with Crippen LogP contribution in [0.2, 0.25) is 0 Å². The summed E-state index contributed by atoms with van der Waals surface area (Å²) in [5.41, 5.74) is 4.58. The van der Waals surface area contributed by atoms with Crippen molar-refractivity contribution in [2.75, 3.05) is 7.11 Å². The van der Waals surface area contributed by atoms with Gasteiger partial charge < -0.3 is 10.1 Å². The first-order valence-electron chi connectivity index (χ1n) is 9.48. The Morgan fingerprint density at radius 1 is 1.10 bits per heavy atom. The summed E-state index contributed by atoms with van der Waals surface area (Å²) in [5.74, 6) is 0.625. The molecule has 2 N–H and O–H groups in total. The number of amides is 1. The van der Waals surface area contributed by atoms with Gasteiger partial charge in [0.25, 0.3) is 5.91 Å². The first-order valence-corrected chi connectivity index (χ1v) is 9.48. The lowest BCUT2D eigenvalue weighted by Gasteiger charge is -2.07. The fraction of sp³-hybridized carbons (Fsp3) is 0.182. The third-order valence-electron chi connectivity index (χ3n) is 5.02. The van der Waals surface area contributed by atoms with Gasteiger partial charge in [0, 0.05) is 40.5 Å². The van der Waals surface area contributed by atoms with E-state index in [2.05, 4.69) is 25.5 Å². The summed E-state index contributed by atoms with van der Waals surface area (Å²) in [7, 11) is 1.64. The van der Waals surface area contributed by atoms with Crippen molar-refractivity contribution in [3.05, 3.63) is 60.6 Å². The first kappa shape index (κ1) is 17.4. The molecule has 1 aliphatic rings. The lowest BCUT2D eigenvalue weighted by molar-refractivity contribution is 0.0946. The smallest absolute Gasteiger partial charge is 0.270 e. The highest BCUT2D eigenvalue weighted by Gasteiger charge is 2.24. The number of methoxy groups -OCH3 is 1. The van der Waals surface area contributed by atoms with Crippen molar-refractivity contribution in [1.29, 1.82) is 0 Å². The highest BCUT2D eigenvalue weighted by atomic mass is 16.5. The van der Waals surface area contributed by atoms with E-state index >= 15 is 0 Å². The number of hydrogen-bond donors (Lipinski definition) is 2. The molecule has 0 radical (unpaired) electrons. The van der Waals surface area contributed by atoms with Crippen LogP contribution in [0.15, 0.2) is 54.9 Å². The number of nitrogens with one attached hydrogen (secondary N) is 2. The van der Waals surface area contributed by atoms with Gasteiger partial charge in [0.05, 0.1) is 7.11 Å². The van der Waals surface area contributed by atoms with Crippen LogP contribution in [0.3, 0.4) is 0 Å². The monoisotopic (exact) mass is 385 g/mol. The van der Waals surface area contributed by atoms with E-state index in [0.717, 1.165) is 46.4 Å². The minimum atomic E-state index is -0.124. The summed E-state index contributed by atoms with van der Waals surface area (Å²) in [6, 6.07) is 13.7. The zero-order valence-corrected chi connectivity index (χ0v) is 15.8. The zero-order chi connectivity index (χ0) is 19.8. The molecule has 1 aromatic carbocycles. The maximum atomic E-state index is 12.1. The van der Waals surface area contributed by atoms with Gasteiger partial charge >= 0.3 is 0 Å². The predicted molar refractivity (Wildman–Crippen MR) is 110 cm³/mol. The average molecular weight is 385 g/mol. The van der Waals surface area contributed by atoms with Crippen molar-refractivity contribution < 1.29 is 9.53 Å². The van der Waals surface area contributed by atoms with Crippen molar-refractivity contribution in [3.8, 4) is 28.1 Å². The predicted octanol–water partition coefficient (Wildman–Crippen LogP) is 3.59. The molecule has 5 rings (SSSR count).